The number of hydrogen-bond acceptors (Lipinski definition) is 7. The van der Waals surface area contributed by atoms with Crippen LogP contribution in [-0.4, -0.2) is 29.9 Å². The van der Waals surface area contributed by atoms with Crippen molar-refractivity contribution in [3.8, 4) is 69.2 Å². The lowest BCUT2D eigenvalue weighted by Crippen LogP contribution is -1.93. The van der Waals surface area contributed by atoms with E-state index in [0.29, 0.717) is 0 Å². The van der Waals surface area contributed by atoms with Gasteiger partial charge in [-0.2, -0.15) is 0 Å². The van der Waals surface area contributed by atoms with E-state index in [9.17, 15) is 0 Å². The van der Waals surface area contributed by atoms with Crippen LogP contribution in [0.2, 0.25) is 0 Å². The van der Waals surface area contributed by atoms with E-state index >= 15 is 0 Å². The molecule has 0 aliphatic rings. The first-order valence-electron chi connectivity index (χ1n) is 14.1. The van der Waals surface area contributed by atoms with E-state index in [-0.39, 0.29) is 0 Å². The van der Waals surface area contributed by atoms with Crippen LogP contribution < -0.4 is 0 Å². The highest BCUT2D eigenvalue weighted by molar-refractivity contribution is 7.13. The van der Waals surface area contributed by atoms with Crippen LogP contribution in [0, 0.1) is 23.7 Å². The fourth-order valence-corrected chi connectivity index (χ4v) is 5.24. The fraction of sp³-hybridized carbons (Fsp3) is 0. The third-order valence-corrected chi connectivity index (χ3v) is 7.54. The predicted octanol–water partition coefficient (Wildman–Crippen LogP) is 7.59. The quantitative estimate of drug-likeness (QED) is 0.196. The lowest BCUT2D eigenvalue weighted by atomic mass is 10.1. The van der Waals surface area contributed by atoms with Crippen molar-refractivity contribution in [3.05, 3.63) is 155 Å². The van der Waals surface area contributed by atoms with Crippen molar-refractivity contribution < 1.29 is 0 Å². The summed E-state index contributed by atoms with van der Waals surface area (Å²) < 4.78 is 0. The molecule has 7 heteroatoms. The van der Waals surface area contributed by atoms with Gasteiger partial charge in [-0.05, 0) is 84.9 Å². The molecule has 7 aromatic rings. The molecule has 0 fully saturated rings. The average molecular weight is 595 g/mol. The Morgan fingerprint density at radius 1 is 0.356 bits per heavy atom. The van der Waals surface area contributed by atoms with Gasteiger partial charge in [0.1, 0.15) is 0 Å². The Hall–Kier alpha value is -6.28. The molecule has 6 nitrogen and oxygen atoms in total. The second-order valence-electron chi connectivity index (χ2n) is 9.78. The monoisotopic (exact) mass is 594 g/mol. The van der Waals surface area contributed by atoms with Crippen LogP contribution in [0.15, 0.2) is 134 Å². The zero-order chi connectivity index (χ0) is 30.3. The number of aromatic nitrogens is 6. The minimum Gasteiger partial charge on any atom is -0.255 e. The van der Waals surface area contributed by atoms with Gasteiger partial charge in [0.25, 0.3) is 0 Å². The summed E-state index contributed by atoms with van der Waals surface area (Å²) in [4.78, 5) is 29.4. The second kappa shape index (κ2) is 12.9. The lowest BCUT2D eigenvalue weighted by molar-refractivity contribution is 1.21. The van der Waals surface area contributed by atoms with E-state index in [1.807, 2.05) is 109 Å². The molecule has 45 heavy (non-hydrogen) atoms. The molecule has 0 atom stereocenters. The van der Waals surface area contributed by atoms with Crippen molar-refractivity contribution in [2.45, 2.75) is 0 Å². The van der Waals surface area contributed by atoms with E-state index in [0.717, 1.165) is 66.4 Å². The molecular weight excluding hydrogens is 573 g/mol. The molecule has 0 radical (unpaired) electrons. The van der Waals surface area contributed by atoms with Crippen LogP contribution in [0.4, 0.5) is 0 Å². The van der Waals surface area contributed by atoms with Crippen LogP contribution in [0.25, 0.3) is 45.6 Å². The number of thiophene rings is 1. The molecule has 0 spiro atoms. The van der Waals surface area contributed by atoms with Crippen molar-refractivity contribution in [3.63, 3.8) is 0 Å². The highest BCUT2D eigenvalue weighted by Crippen LogP contribution is 2.24. The highest BCUT2D eigenvalue weighted by Gasteiger charge is 2.09. The highest BCUT2D eigenvalue weighted by atomic mass is 32.1. The van der Waals surface area contributed by atoms with Gasteiger partial charge in [-0.1, -0.05) is 47.9 Å². The minimum absolute atomic E-state index is 0.744. The maximum Gasteiger partial charge on any atom is 0.0906 e. The maximum absolute atomic E-state index is 4.82. The number of pyridine rings is 6. The summed E-state index contributed by atoms with van der Waals surface area (Å²) >= 11 is 1.55. The first-order valence-corrected chi connectivity index (χ1v) is 14.9. The topological polar surface area (TPSA) is 77.3 Å². The molecule has 0 amide bonds. The van der Waals surface area contributed by atoms with Gasteiger partial charge in [0, 0.05) is 35.9 Å². The standard InChI is InChI=1S/C38H22N6S/c1-5-19-39-31(9-1)35-23-27(24-36(43-35)32-10-2-6-20-40-32)13-15-29-17-18-30(45-29)16-14-28-25-37(33-11-3-7-21-41-33)44-38(26-28)34-12-4-8-22-42-34/h1-12,17-26H. The van der Waals surface area contributed by atoms with Crippen LogP contribution in [0.3, 0.4) is 0 Å². The van der Waals surface area contributed by atoms with E-state index in [2.05, 4.69) is 43.6 Å². The fourth-order valence-electron chi connectivity index (χ4n) is 4.53. The number of rotatable bonds is 4. The summed E-state index contributed by atoms with van der Waals surface area (Å²) in [6.07, 6.45) is 7.03. The van der Waals surface area contributed by atoms with Gasteiger partial charge < -0.3 is 0 Å². The summed E-state index contributed by atoms with van der Waals surface area (Å²) in [7, 11) is 0. The maximum atomic E-state index is 4.82. The number of nitrogens with zero attached hydrogens (tertiary/aromatic N) is 6. The van der Waals surface area contributed by atoms with Crippen LogP contribution >= 0.6 is 11.3 Å². The molecule has 0 saturated carbocycles. The van der Waals surface area contributed by atoms with Crippen molar-refractivity contribution >= 4 is 11.3 Å². The van der Waals surface area contributed by atoms with Gasteiger partial charge in [0.15, 0.2) is 0 Å². The summed E-state index contributed by atoms with van der Waals surface area (Å²) in [6.45, 7) is 0. The van der Waals surface area contributed by atoms with Crippen molar-refractivity contribution in [2.75, 3.05) is 0 Å². The first-order chi connectivity index (χ1) is 22.3. The zero-order valence-corrected chi connectivity index (χ0v) is 24.6. The molecule has 0 saturated heterocycles. The Labute approximate surface area is 264 Å². The molecule has 0 aromatic carbocycles. The van der Waals surface area contributed by atoms with Gasteiger partial charge in [-0.25, -0.2) is 9.97 Å². The average Bonchev–Trinajstić information content (AvgIpc) is 3.59. The van der Waals surface area contributed by atoms with Crippen molar-refractivity contribution in [1.82, 2.24) is 29.9 Å². The largest absolute Gasteiger partial charge is 0.255 e. The molecule has 0 N–H and O–H groups in total. The zero-order valence-electron chi connectivity index (χ0n) is 23.8. The summed E-state index contributed by atoms with van der Waals surface area (Å²) in [5.41, 5.74) is 7.74. The van der Waals surface area contributed by atoms with Gasteiger partial charge >= 0.3 is 0 Å². The van der Waals surface area contributed by atoms with Gasteiger partial charge in [-0.15, -0.1) is 11.3 Å². The molecule has 210 valence electrons. The molecule has 7 aromatic heterocycles. The Morgan fingerprint density at radius 2 is 0.689 bits per heavy atom. The number of hydrogen-bond donors (Lipinski definition) is 0. The Balaban J connectivity index is 1.19. The molecular formula is C38H22N6S. The van der Waals surface area contributed by atoms with Gasteiger partial charge in [-0.3, -0.25) is 19.9 Å². The third-order valence-electron chi connectivity index (χ3n) is 6.63. The molecule has 7 heterocycles. The lowest BCUT2D eigenvalue weighted by Gasteiger charge is -2.05. The molecule has 0 aliphatic carbocycles. The van der Waals surface area contributed by atoms with Crippen LogP contribution in [0.1, 0.15) is 20.9 Å². The third kappa shape index (κ3) is 6.71. The normalized spacial score (nSPS) is 10.3. The molecule has 0 bridgehead atoms. The summed E-state index contributed by atoms with van der Waals surface area (Å²) in [5, 5.41) is 0. The van der Waals surface area contributed by atoms with Crippen molar-refractivity contribution in [2.24, 2.45) is 0 Å². The summed E-state index contributed by atoms with van der Waals surface area (Å²) in [6, 6.07) is 34.9. The predicted molar refractivity (Wildman–Crippen MR) is 178 cm³/mol. The van der Waals surface area contributed by atoms with Crippen LogP contribution in [-0.2, 0) is 0 Å². The van der Waals surface area contributed by atoms with E-state index in [1.165, 1.54) is 0 Å². The summed E-state index contributed by atoms with van der Waals surface area (Å²) in [5.74, 6) is 13.2. The second-order valence-corrected chi connectivity index (χ2v) is 10.9. The molecule has 0 unspecified atom stereocenters. The first kappa shape index (κ1) is 27.5. The Kier molecular flexibility index (Phi) is 7.91. The van der Waals surface area contributed by atoms with Crippen LogP contribution in [0.5, 0.6) is 0 Å². The Bertz CT molecular complexity index is 1940. The molecule has 7 rings (SSSR count). The van der Waals surface area contributed by atoms with E-state index < -0.39 is 0 Å². The minimum atomic E-state index is 0.744. The van der Waals surface area contributed by atoms with Crippen molar-refractivity contribution in [1.29, 1.82) is 0 Å². The van der Waals surface area contributed by atoms with E-state index in [1.54, 1.807) is 36.1 Å². The molecule has 0 aliphatic heterocycles. The van der Waals surface area contributed by atoms with Gasteiger partial charge in [0.05, 0.1) is 55.3 Å². The SMILES string of the molecule is C(#Cc1ccc(C#Cc2cc(-c3ccccn3)nc(-c3ccccn3)c2)s1)c1cc(-c2ccccn2)nc(-c2ccccn2)c1. The van der Waals surface area contributed by atoms with Gasteiger partial charge in [0.2, 0.25) is 0 Å². The smallest absolute Gasteiger partial charge is 0.0906 e. The van der Waals surface area contributed by atoms with E-state index in [4.69, 9.17) is 9.97 Å². The Morgan fingerprint density at radius 3 is 0.978 bits per heavy atom.